The van der Waals surface area contributed by atoms with Crippen molar-refractivity contribution in [2.24, 2.45) is 0 Å². The van der Waals surface area contributed by atoms with E-state index in [1.807, 2.05) is 16.8 Å². The zero-order valence-electron chi connectivity index (χ0n) is 8.81. The zero-order valence-corrected chi connectivity index (χ0v) is 11.3. The smallest absolute Gasteiger partial charge is 0.253 e. The van der Waals surface area contributed by atoms with Gasteiger partial charge in [-0.3, -0.25) is 4.79 Å². The fourth-order valence-electron chi connectivity index (χ4n) is 1.36. The molecule has 0 bridgehead atoms. The van der Waals surface area contributed by atoms with Crippen LogP contribution in [0, 0.1) is 0 Å². The number of thiol groups is 1. The van der Waals surface area contributed by atoms with Gasteiger partial charge in [0.15, 0.2) is 0 Å². The van der Waals surface area contributed by atoms with Crippen LogP contribution in [0.4, 0.5) is 0 Å². The molecule has 0 fully saturated rings. The highest BCUT2D eigenvalue weighted by Crippen LogP contribution is 2.19. The summed E-state index contributed by atoms with van der Waals surface area (Å²) in [6.07, 6.45) is 0. The van der Waals surface area contributed by atoms with Gasteiger partial charge in [0.2, 0.25) is 0 Å². The lowest BCUT2D eigenvalue weighted by Crippen LogP contribution is -2.22. The minimum atomic E-state index is -0.183. The number of hydrogen-bond donors (Lipinski definition) is 2. The summed E-state index contributed by atoms with van der Waals surface area (Å²) < 4.78 is 0. The molecule has 2 aromatic rings. The Morgan fingerprint density at radius 1 is 1.41 bits per heavy atom. The fourth-order valence-corrected chi connectivity index (χ4v) is 2.43. The molecule has 0 spiro atoms. The first-order valence-corrected chi connectivity index (χ1v) is 6.71. The summed E-state index contributed by atoms with van der Waals surface area (Å²) in [6, 6.07) is 7.06. The molecule has 0 aliphatic rings. The molecule has 5 heteroatoms. The Bertz CT molecular complexity index is 525. The summed E-state index contributed by atoms with van der Waals surface area (Å²) in [5.74, 6) is -0.183. The Hall–Kier alpha value is -0.970. The van der Waals surface area contributed by atoms with Crippen molar-refractivity contribution in [1.82, 2.24) is 5.32 Å². The summed E-state index contributed by atoms with van der Waals surface area (Å²) >= 11 is 11.7. The molecule has 0 aliphatic carbocycles. The molecular formula is C12H10ClNOS2. The minimum Gasteiger partial charge on any atom is -0.348 e. The number of hydrogen-bond acceptors (Lipinski definition) is 3. The van der Waals surface area contributed by atoms with Crippen molar-refractivity contribution >= 4 is 41.5 Å². The van der Waals surface area contributed by atoms with Gasteiger partial charge in [0, 0.05) is 11.4 Å². The molecule has 1 heterocycles. The van der Waals surface area contributed by atoms with Crippen molar-refractivity contribution in [3.63, 3.8) is 0 Å². The van der Waals surface area contributed by atoms with E-state index >= 15 is 0 Å². The van der Waals surface area contributed by atoms with Crippen LogP contribution in [0.5, 0.6) is 0 Å². The second-order valence-electron chi connectivity index (χ2n) is 3.48. The molecule has 1 aromatic carbocycles. The van der Waals surface area contributed by atoms with Crippen molar-refractivity contribution in [2.75, 3.05) is 0 Å². The van der Waals surface area contributed by atoms with Crippen LogP contribution in [0.25, 0.3) is 0 Å². The van der Waals surface area contributed by atoms with Gasteiger partial charge in [-0.05, 0) is 40.6 Å². The summed E-state index contributed by atoms with van der Waals surface area (Å²) in [7, 11) is 0. The molecule has 1 amide bonds. The second kappa shape index (κ2) is 5.58. The van der Waals surface area contributed by atoms with E-state index in [2.05, 4.69) is 17.9 Å². The minimum absolute atomic E-state index is 0.183. The molecule has 0 radical (unpaired) electrons. The maximum atomic E-state index is 11.9. The molecule has 0 aliphatic heterocycles. The Morgan fingerprint density at radius 3 is 2.94 bits per heavy atom. The third-order valence-electron chi connectivity index (χ3n) is 2.23. The van der Waals surface area contributed by atoms with Crippen molar-refractivity contribution in [2.45, 2.75) is 11.4 Å². The largest absolute Gasteiger partial charge is 0.348 e. The molecule has 88 valence electrons. The van der Waals surface area contributed by atoms with Gasteiger partial charge in [-0.25, -0.2) is 0 Å². The van der Waals surface area contributed by atoms with E-state index < -0.39 is 0 Å². The molecular weight excluding hydrogens is 274 g/mol. The summed E-state index contributed by atoms with van der Waals surface area (Å²) in [4.78, 5) is 12.6. The van der Waals surface area contributed by atoms with E-state index in [0.717, 1.165) is 10.5 Å². The van der Waals surface area contributed by atoms with Gasteiger partial charge in [0.25, 0.3) is 5.91 Å². The predicted molar refractivity (Wildman–Crippen MR) is 74.2 cm³/mol. The highest BCUT2D eigenvalue weighted by Gasteiger charge is 2.10. The average Bonchev–Trinajstić information content (AvgIpc) is 2.82. The van der Waals surface area contributed by atoms with Gasteiger partial charge < -0.3 is 5.32 Å². The second-order valence-corrected chi connectivity index (χ2v) is 5.18. The van der Waals surface area contributed by atoms with E-state index in [9.17, 15) is 4.79 Å². The van der Waals surface area contributed by atoms with Crippen LogP contribution < -0.4 is 5.32 Å². The lowest BCUT2D eigenvalue weighted by atomic mass is 10.2. The van der Waals surface area contributed by atoms with E-state index in [4.69, 9.17) is 11.6 Å². The number of carbonyl (C=O) groups is 1. The van der Waals surface area contributed by atoms with Gasteiger partial charge in [-0.2, -0.15) is 11.3 Å². The van der Waals surface area contributed by atoms with Crippen LogP contribution in [0.15, 0.2) is 39.9 Å². The van der Waals surface area contributed by atoms with E-state index in [1.54, 1.807) is 29.5 Å². The van der Waals surface area contributed by atoms with E-state index in [1.165, 1.54) is 0 Å². The maximum Gasteiger partial charge on any atom is 0.253 e. The highest BCUT2D eigenvalue weighted by atomic mass is 35.5. The predicted octanol–water partition coefficient (Wildman–Crippen LogP) is 3.62. The molecule has 0 unspecified atom stereocenters. The Balaban J connectivity index is 2.07. The van der Waals surface area contributed by atoms with Gasteiger partial charge >= 0.3 is 0 Å². The Kier molecular flexibility index (Phi) is 4.10. The SMILES string of the molecule is O=C(NCc1ccsc1)c1cc(S)ccc1Cl. The monoisotopic (exact) mass is 283 g/mol. The van der Waals surface area contributed by atoms with E-state index in [0.29, 0.717) is 17.1 Å². The molecule has 2 nitrogen and oxygen atoms in total. The topological polar surface area (TPSA) is 29.1 Å². The van der Waals surface area contributed by atoms with Gasteiger partial charge in [0.05, 0.1) is 10.6 Å². The molecule has 0 atom stereocenters. The van der Waals surface area contributed by atoms with Crippen molar-refractivity contribution in [1.29, 1.82) is 0 Å². The van der Waals surface area contributed by atoms with Crippen molar-refractivity contribution in [3.05, 3.63) is 51.2 Å². The van der Waals surface area contributed by atoms with Gasteiger partial charge in [-0.15, -0.1) is 12.6 Å². The van der Waals surface area contributed by atoms with Gasteiger partial charge in [-0.1, -0.05) is 11.6 Å². The van der Waals surface area contributed by atoms with E-state index in [-0.39, 0.29) is 5.91 Å². The first-order valence-electron chi connectivity index (χ1n) is 4.94. The Morgan fingerprint density at radius 2 is 2.24 bits per heavy atom. The third kappa shape index (κ3) is 3.25. The molecule has 1 N–H and O–H groups in total. The number of amides is 1. The molecule has 17 heavy (non-hydrogen) atoms. The van der Waals surface area contributed by atoms with Crippen LogP contribution in [0.1, 0.15) is 15.9 Å². The number of halogens is 1. The van der Waals surface area contributed by atoms with Crippen LogP contribution in [-0.2, 0) is 6.54 Å². The third-order valence-corrected chi connectivity index (χ3v) is 3.57. The van der Waals surface area contributed by atoms with Crippen LogP contribution >= 0.6 is 35.6 Å². The lowest BCUT2D eigenvalue weighted by molar-refractivity contribution is 0.0951. The average molecular weight is 284 g/mol. The normalized spacial score (nSPS) is 10.2. The first kappa shape index (κ1) is 12.5. The van der Waals surface area contributed by atoms with Crippen molar-refractivity contribution in [3.8, 4) is 0 Å². The van der Waals surface area contributed by atoms with Crippen LogP contribution in [0.3, 0.4) is 0 Å². The fraction of sp³-hybridized carbons (Fsp3) is 0.0833. The lowest BCUT2D eigenvalue weighted by Gasteiger charge is -2.06. The summed E-state index contributed by atoms with van der Waals surface area (Å²) in [6.45, 7) is 0.509. The molecule has 2 rings (SSSR count). The molecule has 0 saturated heterocycles. The van der Waals surface area contributed by atoms with Crippen LogP contribution in [-0.4, -0.2) is 5.91 Å². The number of thiophene rings is 1. The number of carbonyl (C=O) groups excluding carboxylic acids is 1. The number of rotatable bonds is 3. The standard InChI is InChI=1S/C12H10ClNOS2/c13-11-2-1-9(16)5-10(11)12(15)14-6-8-3-4-17-7-8/h1-5,7,16H,6H2,(H,14,15). The quantitative estimate of drug-likeness (QED) is 0.828. The first-order chi connectivity index (χ1) is 8.16. The maximum absolute atomic E-state index is 11.9. The number of benzene rings is 1. The Labute approximate surface area is 114 Å². The number of nitrogens with one attached hydrogen (secondary N) is 1. The summed E-state index contributed by atoms with van der Waals surface area (Å²) in [5, 5.41) is 7.23. The van der Waals surface area contributed by atoms with Crippen LogP contribution in [0.2, 0.25) is 5.02 Å². The van der Waals surface area contributed by atoms with Gasteiger partial charge in [0.1, 0.15) is 0 Å². The zero-order chi connectivity index (χ0) is 12.3. The molecule has 1 aromatic heterocycles. The highest BCUT2D eigenvalue weighted by molar-refractivity contribution is 7.80. The summed E-state index contributed by atoms with van der Waals surface area (Å²) in [5.41, 5.74) is 1.54. The van der Waals surface area contributed by atoms with Crippen molar-refractivity contribution < 1.29 is 4.79 Å². The molecule has 0 saturated carbocycles.